The Morgan fingerprint density at radius 3 is 2.70 bits per heavy atom. The van der Waals surface area contributed by atoms with Gasteiger partial charge in [0.2, 0.25) is 0 Å². The number of benzene rings is 1. The molecule has 3 aromatic heterocycles. The molecule has 0 spiro atoms. The Morgan fingerprint density at radius 2 is 2.00 bits per heavy atom. The molecule has 3 heterocycles. The van der Waals surface area contributed by atoms with Crippen molar-refractivity contribution in [2.75, 3.05) is 5.32 Å². The summed E-state index contributed by atoms with van der Waals surface area (Å²) >= 11 is 4.61. The second-order valence-corrected chi connectivity index (χ2v) is 7.49. The number of nitriles is 1. The topological polar surface area (TPSA) is 74.7 Å². The van der Waals surface area contributed by atoms with Crippen LogP contribution in [-0.4, -0.2) is 9.97 Å². The number of hydrogen-bond donors (Lipinski definition) is 1. The number of nitrogens with zero attached hydrogens (tertiary/aromatic N) is 3. The molecule has 1 N–H and O–H groups in total. The SMILES string of the molecule is CCc1oc2ccc(Br)nc2c1Nc1nc(-c2ccc(F)cc2)c(C#N)s1. The summed E-state index contributed by atoms with van der Waals surface area (Å²) in [6.07, 6.45) is 0.678. The average Bonchev–Trinajstić information content (AvgIpc) is 3.24. The third kappa shape index (κ3) is 3.31. The normalized spacial score (nSPS) is 10.9. The Bertz CT molecular complexity index is 1180. The molecular weight excluding hydrogens is 431 g/mol. The molecule has 0 aliphatic heterocycles. The zero-order valence-electron chi connectivity index (χ0n) is 14.1. The van der Waals surface area contributed by atoms with Crippen molar-refractivity contribution >= 4 is 49.2 Å². The van der Waals surface area contributed by atoms with Crippen LogP contribution in [0.25, 0.3) is 22.4 Å². The van der Waals surface area contributed by atoms with E-state index in [-0.39, 0.29) is 5.82 Å². The van der Waals surface area contributed by atoms with Gasteiger partial charge < -0.3 is 9.73 Å². The number of furan rings is 1. The maximum Gasteiger partial charge on any atom is 0.189 e. The molecule has 0 aliphatic rings. The minimum absolute atomic E-state index is 0.333. The fourth-order valence-electron chi connectivity index (χ4n) is 2.74. The van der Waals surface area contributed by atoms with Crippen LogP contribution < -0.4 is 5.32 Å². The van der Waals surface area contributed by atoms with E-state index in [0.717, 1.165) is 11.4 Å². The molecule has 0 bridgehead atoms. The Labute approximate surface area is 166 Å². The van der Waals surface area contributed by atoms with Gasteiger partial charge in [-0.25, -0.2) is 14.4 Å². The van der Waals surface area contributed by atoms with Gasteiger partial charge in [-0.05, 0) is 52.3 Å². The molecule has 8 heteroatoms. The fourth-order valence-corrected chi connectivity index (χ4v) is 3.84. The number of fused-ring (bicyclic) bond motifs is 1. The Hall–Kier alpha value is -2.76. The zero-order valence-corrected chi connectivity index (χ0v) is 16.5. The molecule has 0 unspecified atom stereocenters. The number of aromatic nitrogens is 2. The molecule has 5 nitrogen and oxygen atoms in total. The van der Waals surface area contributed by atoms with Crippen LogP contribution in [0.15, 0.2) is 45.4 Å². The molecule has 27 heavy (non-hydrogen) atoms. The molecular formula is C19H12BrFN4OS. The van der Waals surface area contributed by atoms with Crippen molar-refractivity contribution in [3.63, 3.8) is 0 Å². The van der Waals surface area contributed by atoms with Gasteiger partial charge in [0.1, 0.15) is 44.0 Å². The van der Waals surface area contributed by atoms with Crippen molar-refractivity contribution in [2.45, 2.75) is 13.3 Å². The number of rotatable bonds is 4. The van der Waals surface area contributed by atoms with E-state index in [1.807, 2.05) is 19.1 Å². The quantitative estimate of drug-likeness (QED) is 0.390. The number of nitrogens with one attached hydrogen (secondary N) is 1. The van der Waals surface area contributed by atoms with E-state index in [9.17, 15) is 9.65 Å². The molecule has 1 aromatic carbocycles. The lowest BCUT2D eigenvalue weighted by Crippen LogP contribution is -1.93. The Morgan fingerprint density at radius 1 is 1.22 bits per heavy atom. The van der Waals surface area contributed by atoms with Crippen molar-refractivity contribution < 1.29 is 8.81 Å². The number of anilines is 2. The highest BCUT2D eigenvalue weighted by Crippen LogP contribution is 2.37. The highest BCUT2D eigenvalue weighted by molar-refractivity contribution is 9.10. The van der Waals surface area contributed by atoms with E-state index in [0.29, 0.717) is 43.4 Å². The molecule has 0 radical (unpaired) electrons. The van der Waals surface area contributed by atoms with Crippen LogP contribution in [-0.2, 0) is 6.42 Å². The molecule has 0 saturated heterocycles. The largest absolute Gasteiger partial charge is 0.457 e. The fraction of sp³-hybridized carbons (Fsp3) is 0.105. The van der Waals surface area contributed by atoms with Crippen molar-refractivity contribution in [3.8, 4) is 17.3 Å². The summed E-state index contributed by atoms with van der Waals surface area (Å²) in [6, 6.07) is 11.7. The number of thiazole rings is 1. The van der Waals surface area contributed by atoms with Gasteiger partial charge in [0.05, 0.1) is 0 Å². The van der Waals surface area contributed by atoms with E-state index in [1.54, 1.807) is 12.1 Å². The van der Waals surface area contributed by atoms with Gasteiger partial charge in [-0.15, -0.1) is 0 Å². The first kappa shape index (κ1) is 17.6. The summed E-state index contributed by atoms with van der Waals surface area (Å²) < 4.78 is 19.8. The van der Waals surface area contributed by atoms with E-state index < -0.39 is 0 Å². The van der Waals surface area contributed by atoms with Gasteiger partial charge >= 0.3 is 0 Å². The van der Waals surface area contributed by atoms with Gasteiger partial charge in [0.25, 0.3) is 0 Å². The highest BCUT2D eigenvalue weighted by Gasteiger charge is 2.19. The Balaban J connectivity index is 1.78. The van der Waals surface area contributed by atoms with Crippen molar-refractivity contribution in [3.05, 3.63) is 57.5 Å². The van der Waals surface area contributed by atoms with E-state index in [2.05, 4.69) is 37.3 Å². The van der Waals surface area contributed by atoms with Crippen molar-refractivity contribution in [2.24, 2.45) is 0 Å². The van der Waals surface area contributed by atoms with E-state index in [4.69, 9.17) is 4.42 Å². The maximum absolute atomic E-state index is 13.2. The summed E-state index contributed by atoms with van der Waals surface area (Å²) in [6.45, 7) is 1.99. The van der Waals surface area contributed by atoms with Crippen molar-refractivity contribution in [1.82, 2.24) is 9.97 Å². The number of hydrogen-bond acceptors (Lipinski definition) is 6. The summed E-state index contributed by atoms with van der Waals surface area (Å²) in [4.78, 5) is 9.48. The zero-order chi connectivity index (χ0) is 19.0. The second-order valence-electron chi connectivity index (χ2n) is 5.67. The van der Waals surface area contributed by atoms with Gasteiger partial charge in [-0.2, -0.15) is 5.26 Å². The monoisotopic (exact) mass is 442 g/mol. The predicted molar refractivity (Wildman–Crippen MR) is 107 cm³/mol. The number of pyridine rings is 1. The van der Waals surface area contributed by atoms with Gasteiger partial charge in [0.15, 0.2) is 10.7 Å². The maximum atomic E-state index is 13.2. The molecule has 4 aromatic rings. The average molecular weight is 443 g/mol. The molecule has 0 aliphatic carbocycles. The van der Waals surface area contributed by atoms with Gasteiger partial charge in [-0.3, -0.25) is 0 Å². The number of aryl methyl sites for hydroxylation is 1. The molecule has 0 amide bonds. The van der Waals surface area contributed by atoms with Gasteiger partial charge in [0, 0.05) is 12.0 Å². The van der Waals surface area contributed by atoms with E-state index >= 15 is 0 Å². The van der Waals surface area contributed by atoms with Crippen LogP contribution in [0.5, 0.6) is 0 Å². The third-order valence-electron chi connectivity index (χ3n) is 3.97. The predicted octanol–water partition coefficient (Wildman–Crippen LogP) is 6.03. The standard InChI is InChI=1S/C19H12BrFN4OS/c1-2-12-17(18-13(26-12)7-8-15(20)23-18)25-19-24-16(14(9-22)27-19)10-3-5-11(21)6-4-10/h3-8H,2H2,1H3,(H,24,25). The van der Waals surface area contributed by atoms with Gasteiger partial charge in [-0.1, -0.05) is 18.3 Å². The molecule has 0 atom stereocenters. The smallest absolute Gasteiger partial charge is 0.189 e. The van der Waals surface area contributed by atoms with Crippen LogP contribution >= 0.6 is 27.3 Å². The first-order chi connectivity index (χ1) is 13.1. The summed E-state index contributed by atoms with van der Waals surface area (Å²) in [5.74, 6) is 0.424. The van der Waals surface area contributed by atoms with Crippen LogP contribution in [0.3, 0.4) is 0 Å². The number of halogens is 2. The lowest BCUT2D eigenvalue weighted by atomic mass is 10.1. The molecule has 0 fully saturated rings. The molecule has 0 saturated carbocycles. The van der Waals surface area contributed by atoms with E-state index in [1.165, 1.54) is 23.5 Å². The Kier molecular flexibility index (Phi) is 4.64. The highest BCUT2D eigenvalue weighted by atomic mass is 79.9. The third-order valence-corrected chi connectivity index (χ3v) is 5.29. The van der Waals surface area contributed by atoms with Crippen LogP contribution in [0.4, 0.5) is 15.2 Å². The lowest BCUT2D eigenvalue weighted by molar-refractivity contribution is 0.558. The first-order valence-corrected chi connectivity index (χ1v) is 9.71. The second kappa shape index (κ2) is 7.10. The first-order valence-electron chi connectivity index (χ1n) is 8.11. The van der Waals surface area contributed by atoms with Crippen LogP contribution in [0.1, 0.15) is 17.6 Å². The summed E-state index contributed by atoms with van der Waals surface area (Å²) in [5, 5.41) is 13.3. The molecule has 134 valence electrons. The summed E-state index contributed by atoms with van der Waals surface area (Å²) in [7, 11) is 0. The van der Waals surface area contributed by atoms with Crippen LogP contribution in [0.2, 0.25) is 0 Å². The minimum Gasteiger partial charge on any atom is -0.457 e. The van der Waals surface area contributed by atoms with Crippen molar-refractivity contribution in [1.29, 1.82) is 5.26 Å². The summed E-state index contributed by atoms with van der Waals surface area (Å²) in [5.41, 5.74) is 3.31. The van der Waals surface area contributed by atoms with Crippen LogP contribution in [0, 0.1) is 17.1 Å². The molecule has 4 rings (SSSR count). The lowest BCUT2D eigenvalue weighted by Gasteiger charge is -2.02. The minimum atomic E-state index is -0.333.